The number of anilines is 1. The number of halogens is 1. The van der Waals surface area contributed by atoms with Crippen LogP contribution in [0.4, 0.5) is 10.1 Å². The van der Waals surface area contributed by atoms with Crippen LogP contribution in [-0.2, 0) is 17.9 Å². The van der Waals surface area contributed by atoms with Crippen LogP contribution in [0.5, 0.6) is 5.75 Å². The van der Waals surface area contributed by atoms with Gasteiger partial charge in [-0.25, -0.2) is 4.39 Å². The van der Waals surface area contributed by atoms with Gasteiger partial charge in [-0.2, -0.15) is 0 Å². The number of para-hydroxylation sites is 2. The molecule has 0 saturated heterocycles. The maximum Gasteiger partial charge on any atom is 0.294 e. The van der Waals surface area contributed by atoms with Crippen LogP contribution in [0, 0.1) is 5.82 Å². The number of hydrogen-bond donors (Lipinski definition) is 1. The van der Waals surface area contributed by atoms with E-state index >= 15 is 0 Å². The van der Waals surface area contributed by atoms with E-state index < -0.39 is 0 Å². The molecule has 1 aliphatic rings. The number of amides is 2. The van der Waals surface area contributed by atoms with E-state index in [1.807, 2.05) is 36.4 Å². The molecule has 0 aliphatic carbocycles. The Kier molecular flexibility index (Phi) is 6.58. The summed E-state index contributed by atoms with van der Waals surface area (Å²) < 4.78 is 20.2. The molecular weight excluding hydrogens is 455 g/mol. The zero-order chi connectivity index (χ0) is 24.9. The van der Waals surface area contributed by atoms with Gasteiger partial charge in [0.05, 0.1) is 12.2 Å². The van der Waals surface area contributed by atoms with Gasteiger partial charge >= 0.3 is 0 Å². The highest BCUT2D eigenvalue weighted by Gasteiger charge is 2.30. The maximum atomic E-state index is 14.3. The second-order valence-corrected chi connectivity index (χ2v) is 8.35. The predicted octanol–water partition coefficient (Wildman–Crippen LogP) is 5.72. The van der Waals surface area contributed by atoms with Crippen LogP contribution < -0.4 is 15.0 Å². The van der Waals surface area contributed by atoms with Crippen molar-refractivity contribution in [3.05, 3.63) is 137 Å². The molecule has 0 saturated carbocycles. The van der Waals surface area contributed by atoms with Gasteiger partial charge < -0.3 is 10.1 Å². The summed E-state index contributed by atoms with van der Waals surface area (Å²) in [6.07, 6.45) is 1.62. The molecule has 0 unspecified atom stereocenters. The lowest BCUT2D eigenvalue weighted by atomic mass is 10.1. The van der Waals surface area contributed by atoms with E-state index in [1.54, 1.807) is 66.7 Å². The fraction of sp³-hybridized carbons (Fsp3) is 0.0667. The first-order valence-electron chi connectivity index (χ1n) is 11.5. The van der Waals surface area contributed by atoms with Crippen LogP contribution in [0.25, 0.3) is 6.08 Å². The van der Waals surface area contributed by atoms with Crippen molar-refractivity contribution in [3.8, 4) is 5.75 Å². The Balaban J connectivity index is 1.35. The molecule has 0 aromatic heterocycles. The Hall–Kier alpha value is -4.71. The molecule has 178 valence electrons. The summed E-state index contributed by atoms with van der Waals surface area (Å²) in [7, 11) is 0. The molecular formula is C30H23FN2O3. The number of hydrogen-bond acceptors (Lipinski definition) is 3. The number of carbonyl (C=O) groups is 2. The van der Waals surface area contributed by atoms with E-state index in [1.165, 1.54) is 11.0 Å². The molecule has 5 rings (SSSR count). The second kappa shape index (κ2) is 10.3. The van der Waals surface area contributed by atoms with Crippen molar-refractivity contribution < 1.29 is 18.7 Å². The molecule has 6 heteroatoms. The zero-order valence-electron chi connectivity index (χ0n) is 19.4. The van der Waals surface area contributed by atoms with Gasteiger partial charge in [0.1, 0.15) is 5.82 Å². The second-order valence-electron chi connectivity index (χ2n) is 8.35. The Bertz CT molecular complexity index is 1430. The molecule has 0 bridgehead atoms. The summed E-state index contributed by atoms with van der Waals surface area (Å²) in [6.45, 7) is 0.509. The summed E-state index contributed by atoms with van der Waals surface area (Å²) in [6, 6.07) is 30.1. The van der Waals surface area contributed by atoms with E-state index in [2.05, 4.69) is 5.32 Å². The van der Waals surface area contributed by atoms with Crippen molar-refractivity contribution >= 4 is 23.6 Å². The van der Waals surface area contributed by atoms with Crippen LogP contribution in [0.1, 0.15) is 27.0 Å². The lowest BCUT2D eigenvalue weighted by Crippen LogP contribution is -2.37. The fourth-order valence-corrected chi connectivity index (χ4v) is 3.98. The van der Waals surface area contributed by atoms with E-state index in [0.717, 1.165) is 5.56 Å². The van der Waals surface area contributed by atoms with E-state index in [0.29, 0.717) is 34.7 Å². The van der Waals surface area contributed by atoms with Crippen LogP contribution in [0.3, 0.4) is 0 Å². The highest BCUT2D eigenvalue weighted by Crippen LogP contribution is 2.36. The Morgan fingerprint density at radius 2 is 1.56 bits per heavy atom. The molecule has 2 amide bonds. The van der Waals surface area contributed by atoms with E-state index in [9.17, 15) is 14.0 Å². The van der Waals surface area contributed by atoms with Gasteiger partial charge in [0.2, 0.25) is 0 Å². The van der Waals surface area contributed by atoms with Crippen LogP contribution in [0.2, 0.25) is 0 Å². The van der Waals surface area contributed by atoms with Crippen molar-refractivity contribution in [1.82, 2.24) is 5.32 Å². The lowest BCUT2D eigenvalue weighted by Gasteiger charge is -2.30. The highest BCUT2D eigenvalue weighted by molar-refractivity contribution is 6.09. The Morgan fingerprint density at radius 1 is 0.861 bits per heavy atom. The topological polar surface area (TPSA) is 58.6 Å². The van der Waals surface area contributed by atoms with E-state index in [-0.39, 0.29) is 29.9 Å². The van der Waals surface area contributed by atoms with Crippen molar-refractivity contribution in [3.63, 3.8) is 0 Å². The maximum absolute atomic E-state index is 14.3. The lowest BCUT2D eigenvalue weighted by molar-refractivity contribution is -0.117. The number of rotatable bonds is 6. The third-order valence-corrected chi connectivity index (χ3v) is 5.88. The molecule has 0 spiro atoms. The summed E-state index contributed by atoms with van der Waals surface area (Å²) in [5, 5.41) is 2.90. The first kappa shape index (κ1) is 23.1. The fourth-order valence-electron chi connectivity index (χ4n) is 3.98. The Morgan fingerprint density at radius 3 is 2.33 bits per heavy atom. The normalized spacial score (nSPS) is 13.8. The summed E-state index contributed by atoms with van der Waals surface area (Å²) in [4.78, 5) is 27.4. The predicted molar refractivity (Wildman–Crippen MR) is 137 cm³/mol. The molecule has 5 nitrogen and oxygen atoms in total. The molecule has 4 aromatic carbocycles. The summed E-state index contributed by atoms with van der Waals surface area (Å²) >= 11 is 0. The average Bonchev–Trinajstić information content (AvgIpc) is 2.91. The monoisotopic (exact) mass is 478 g/mol. The van der Waals surface area contributed by atoms with Gasteiger partial charge in [-0.3, -0.25) is 14.5 Å². The average molecular weight is 479 g/mol. The molecule has 4 aromatic rings. The van der Waals surface area contributed by atoms with Crippen molar-refractivity contribution in [1.29, 1.82) is 0 Å². The smallest absolute Gasteiger partial charge is 0.294 e. The molecule has 1 heterocycles. The molecule has 0 atom stereocenters. The van der Waals surface area contributed by atoms with Crippen molar-refractivity contribution in [2.24, 2.45) is 0 Å². The van der Waals surface area contributed by atoms with Gasteiger partial charge in [-0.05, 0) is 47.5 Å². The van der Waals surface area contributed by atoms with Crippen LogP contribution in [-0.4, -0.2) is 11.8 Å². The standard InChI is InChI=1S/C30H23FN2O3/c31-25-11-5-4-10-24(25)20-33-26-12-6-7-13-27(26)36-28(30(33)35)18-21-14-16-23(17-15-21)29(34)32-19-22-8-2-1-3-9-22/h1-18H,19-20H2,(H,32,34)/b28-18-. The molecule has 0 fully saturated rings. The number of fused-ring (bicyclic) bond motifs is 1. The zero-order valence-corrected chi connectivity index (χ0v) is 19.4. The summed E-state index contributed by atoms with van der Waals surface area (Å²) in [5.74, 6) is -0.307. The number of nitrogens with zero attached hydrogens (tertiary/aromatic N) is 1. The van der Waals surface area contributed by atoms with Gasteiger partial charge in [-0.1, -0.05) is 72.8 Å². The molecule has 1 aliphatic heterocycles. The first-order valence-corrected chi connectivity index (χ1v) is 11.5. The minimum Gasteiger partial charge on any atom is -0.449 e. The Labute approximate surface area is 208 Å². The van der Waals surface area contributed by atoms with Crippen molar-refractivity contribution in [2.75, 3.05) is 4.90 Å². The number of carbonyl (C=O) groups excluding carboxylic acids is 2. The van der Waals surface area contributed by atoms with Gasteiger partial charge in [0, 0.05) is 17.7 Å². The first-order chi connectivity index (χ1) is 17.6. The molecule has 1 N–H and O–H groups in total. The third kappa shape index (κ3) is 5.03. The van der Waals surface area contributed by atoms with E-state index in [4.69, 9.17) is 4.74 Å². The van der Waals surface area contributed by atoms with Crippen LogP contribution >= 0.6 is 0 Å². The summed E-state index contributed by atoms with van der Waals surface area (Å²) in [5.41, 5.74) is 3.21. The van der Waals surface area contributed by atoms with Crippen molar-refractivity contribution in [2.45, 2.75) is 13.1 Å². The largest absolute Gasteiger partial charge is 0.449 e. The number of benzene rings is 4. The third-order valence-electron chi connectivity index (χ3n) is 5.88. The number of nitrogens with one attached hydrogen (secondary N) is 1. The van der Waals surface area contributed by atoms with Gasteiger partial charge in [0.15, 0.2) is 11.5 Å². The minimum absolute atomic E-state index is 0.0732. The minimum atomic E-state index is -0.374. The highest BCUT2D eigenvalue weighted by atomic mass is 19.1. The van der Waals surface area contributed by atoms with Gasteiger partial charge in [-0.15, -0.1) is 0 Å². The van der Waals surface area contributed by atoms with Gasteiger partial charge in [0.25, 0.3) is 11.8 Å². The number of ether oxygens (including phenoxy) is 1. The molecule has 0 radical (unpaired) electrons. The molecule has 36 heavy (non-hydrogen) atoms. The van der Waals surface area contributed by atoms with Crippen LogP contribution in [0.15, 0.2) is 109 Å². The quantitative estimate of drug-likeness (QED) is 0.361. The SMILES string of the molecule is O=C(NCc1ccccc1)c1ccc(/C=C2\Oc3ccccc3N(Cc3ccccc3F)C2=O)cc1.